The van der Waals surface area contributed by atoms with Crippen LogP contribution in [-0.2, 0) is 11.0 Å². The van der Waals surface area contributed by atoms with Crippen molar-refractivity contribution in [2.75, 3.05) is 18.0 Å². The van der Waals surface area contributed by atoms with Crippen LogP contribution in [0.2, 0.25) is 0 Å². The number of benzene rings is 1. The maximum atomic E-state index is 13.4. The Balaban J connectivity index is 1.48. The number of carbonyl (C=O) groups is 1. The Kier molecular flexibility index (Phi) is 6.12. The molecule has 0 unspecified atom stereocenters. The van der Waals surface area contributed by atoms with Gasteiger partial charge in [-0.25, -0.2) is 0 Å². The number of nitrogens with zero attached hydrogens (tertiary/aromatic N) is 2. The zero-order valence-corrected chi connectivity index (χ0v) is 19.0. The Morgan fingerprint density at radius 2 is 1.91 bits per heavy atom. The molecule has 2 fully saturated rings. The monoisotopic (exact) mass is 447 g/mol. The van der Waals surface area contributed by atoms with Gasteiger partial charge in [-0.3, -0.25) is 9.78 Å². The van der Waals surface area contributed by atoms with Crippen LogP contribution in [0.3, 0.4) is 0 Å². The molecule has 1 saturated heterocycles. The summed E-state index contributed by atoms with van der Waals surface area (Å²) < 4.78 is 40.3. The number of fused-ring (bicyclic) bond motifs is 1. The van der Waals surface area contributed by atoms with E-state index >= 15 is 0 Å². The van der Waals surface area contributed by atoms with Crippen LogP contribution in [0.5, 0.6) is 0 Å². The quantitative estimate of drug-likeness (QED) is 0.644. The zero-order valence-electron chi connectivity index (χ0n) is 19.0. The van der Waals surface area contributed by atoms with Crippen molar-refractivity contribution in [2.24, 2.45) is 17.3 Å². The van der Waals surface area contributed by atoms with Crippen LogP contribution in [-0.4, -0.2) is 30.0 Å². The van der Waals surface area contributed by atoms with Gasteiger partial charge in [0.15, 0.2) is 0 Å². The number of amides is 1. The van der Waals surface area contributed by atoms with Gasteiger partial charge < -0.3 is 10.2 Å². The molecule has 1 amide bonds. The number of hydrogen-bond donors (Lipinski definition) is 1. The normalized spacial score (nSPS) is 28.8. The van der Waals surface area contributed by atoms with E-state index in [1.807, 2.05) is 0 Å². The van der Waals surface area contributed by atoms with Crippen molar-refractivity contribution in [1.82, 2.24) is 10.3 Å². The molecule has 7 heteroatoms. The van der Waals surface area contributed by atoms with E-state index in [0.29, 0.717) is 24.9 Å². The fourth-order valence-electron chi connectivity index (χ4n) is 5.29. The minimum atomic E-state index is -4.45. The number of alkyl halides is 3. The number of anilines is 1. The lowest BCUT2D eigenvalue weighted by molar-refractivity contribution is -0.136. The summed E-state index contributed by atoms with van der Waals surface area (Å²) in [7, 11) is 0. The Labute approximate surface area is 187 Å². The van der Waals surface area contributed by atoms with Crippen LogP contribution in [0.4, 0.5) is 18.9 Å². The van der Waals surface area contributed by atoms with E-state index in [9.17, 15) is 18.0 Å². The van der Waals surface area contributed by atoms with Crippen molar-refractivity contribution >= 4 is 22.5 Å². The van der Waals surface area contributed by atoms with Crippen LogP contribution >= 0.6 is 0 Å². The van der Waals surface area contributed by atoms with E-state index < -0.39 is 11.7 Å². The van der Waals surface area contributed by atoms with Gasteiger partial charge in [0, 0.05) is 36.8 Å². The van der Waals surface area contributed by atoms with Gasteiger partial charge in [-0.1, -0.05) is 33.6 Å². The summed E-state index contributed by atoms with van der Waals surface area (Å²) >= 11 is 0. The molecular weight excluding hydrogens is 415 g/mol. The summed E-state index contributed by atoms with van der Waals surface area (Å²) in [4.78, 5) is 18.9. The Hall–Kier alpha value is -2.31. The average molecular weight is 448 g/mol. The lowest BCUT2D eigenvalue weighted by Gasteiger charge is -2.36. The molecule has 1 saturated carbocycles. The molecule has 1 aromatic heterocycles. The predicted octanol–water partition coefficient (Wildman–Crippen LogP) is 5.80. The molecule has 1 aliphatic carbocycles. The number of hydrogen-bond acceptors (Lipinski definition) is 3. The number of carbonyl (C=O) groups excluding carboxylic acids is 1. The number of pyridine rings is 1. The van der Waals surface area contributed by atoms with E-state index in [-0.39, 0.29) is 28.8 Å². The molecule has 174 valence electrons. The molecule has 32 heavy (non-hydrogen) atoms. The van der Waals surface area contributed by atoms with Gasteiger partial charge in [-0.05, 0) is 54.4 Å². The molecule has 0 radical (unpaired) electrons. The first kappa shape index (κ1) is 22.9. The second kappa shape index (κ2) is 8.56. The molecule has 2 aliphatic rings. The van der Waals surface area contributed by atoms with Crippen molar-refractivity contribution in [3.63, 3.8) is 0 Å². The third-order valence-electron chi connectivity index (χ3n) is 7.42. The maximum Gasteiger partial charge on any atom is 0.418 e. The predicted molar refractivity (Wildman–Crippen MR) is 120 cm³/mol. The van der Waals surface area contributed by atoms with Crippen LogP contribution in [0.15, 0.2) is 30.5 Å². The molecule has 1 N–H and O–H groups in total. The summed E-state index contributed by atoms with van der Waals surface area (Å²) in [5.74, 6) is 1.02. The highest BCUT2D eigenvalue weighted by Gasteiger charge is 2.37. The molecule has 1 aromatic carbocycles. The second-order valence-corrected chi connectivity index (χ2v) is 10.3. The molecule has 1 aliphatic heterocycles. The van der Waals surface area contributed by atoms with Crippen LogP contribution in [0.1, 0.15) is 58.4 Å². The molecule has 2 aromatic rings. The summed E-state index contributed by atoms with van der Waals surface area (Å²) in [6.45, 7) is 7.82. The topological polar surface area (TPSA) is 45.2 Å². The van der Waals surface area contributed by atoms with Crippen LogP contribution in [0.25, 0.3) is 10.9 Å². The van der Waals surface area contributed by atoms with Gasteiger partial charge in [-0.15, -0.1) is 0 Å². The van der Waals surface area contributed by atoms with E-state index in [1.54, 1.807) is 12.1 Å². The number of aromatic nitrogens is 1. The molecular formula is C25H32F3N3O. The molecule has 0 bridgehead atoms. The van der Waals surface area contributed by atoms with E-state index in [4.69, 9.17) is 0 Å². The average Bonchev–Trinajstić information content (AvgIpc) is 3.08. The lowest BCUT2D eigenvalue weighted by atomic mass is 9.70. The molecule has 4 nitrogen and oxygen atoms in total. The fraction of sp³-hybridized carbons (Fsp3) is 0.600. The highest BCUT2D eigenvalue weighted by Crippen LogP contribution is 2.41. The highest BCUT2D eigenvalue weighted by molar-refractivity contribution is 5.94. The van der Waals surface area contributed by atoms with Crippen molar-refractivity contribution in [3.05, 3.63) is 36.0 Å². The van der Waals surface area contributed by atoms with E-state index in [1.165, 1.54) is 25.1 Å². The Morgan fingerprint density at radius 3 is 2.59 bits per heavy atom. The standard InChI is InChI=1S/C25H32F3N3O/c1-16-8-10-24(3,11-9-16)13-22(32)30-20-15-31(14-17(20)2)21-7-6-19(25(26,27)28)23-18(21)5-4-12-29-23/h4-7,12,16-17,20H,8-11,13-15H2,1-3H3,(H,30,32)/t16?,17-,20+,24?/m1/s1. The Bertz CT molecular complexity index is 982. The minimum Gasteiger partial charge on any atom is -0.369 e. The van der Waals surface area contributed by atoms with E-state index in [0.717, 1.165) is 30.5 Å². The SMILES string of the molecule is CC1CCC(C)(CC(=O)N[C@H]2CN(c3ccc(C(F)(F)F)c4ncccc34)C[C@H]2C)CC1. The van der Waals surface area contributed by atoms with Crippen LogP contribution in [0, 0.1) is 17.3 Å². The molecule has 4 rings (SSSR count). The highest BCUT2D eigenvalue weighted by atomic mass is 19.4. The third-order valence-corrected chi connectivity index (χ3v) is 7.42. The van der Waals surface area contributed by atoms with Gasteiger partial charge in [-0.2, -0.15) is 13.2 Å². The van der Waals surface area contributed by atoms with Crippen molar-refractivity contribution in [2.45, 2.75) is 65.1 Å². The largest absolute Gasteiger partial charge is 0.418 e. The summed E-state index contributed by atoms with van der Waals surface area (Å²) in [5.41, 5.74) is 0.0481. The van der Waals surface area contributed by atoms with Crippen molar-refractivity contribution in [1.29, 1.82) is 0 Å². The van der Waals surface area contributed by atoms with Gasteiger partial charge in [0.25, 0.3) is 0 Å². The van der Waals surface area contributed by atoms with Gasteiger partial charge in [0.05, 0.1) is 17.1 Å². The second-order valence-electron chi connectivity index (χ2n) is 10.3. The van der Waals surface area contributed by atoms with Gasteiger partial charge in [0.2, 0.25) is 5.91 Å². The molecule has 0 spiro atoms. The number of nitrogens with one attached hydrogen (secondary N) is 1. The summed E-state index contributed by atoms with van der Waals surface area (Å²) in [5, 5.41) is 3.71. The van der Waals surface area contributed by atoms with Gasteiger partial charge >= 0.3 is 6.18 Å². The zero-order chi connectivity index (χ0) is 23.1. The first-order chi connectivity index (χ1) is 15.1. The van der Waals surface area contributed by atoms with Crippen molar-refractivity contribution < 1.29 is 18.0 Å². The lowest BCUT2D eigenvalue weighted by Crippen LogP contribution is -2.42. The van der Waals surface area contributed by atoms with E-state index in [2.05, 4.69) is 36.0 Å². The van der Waals surface area contributed by atoms with Gasteiger partial charge in [0.1, 0.15) is 0 Å². The number of halogens is 3. The molecule has 2 heterocycles. The summed E-state index contributed by atoms with van der Waals surface area (Å²) in [6, 6.07) is 5.98. The first-order valence-corrected chi connectivity index (χ1v) is 11.5. The third kappa shape index (κ3) is 4.71. The Morgan fingerprint density at radius 1 is 1.19 bits per heavy atom. The first-order valence-electron chi connectivity index (χ1n) is 11.5. The van der Waals surface area contributed by atoms with Crippen LogP contribution < -0.4 is 10.2 Å². The van der Waals surface area contributed by atoms with Crippen molar-refractivity contribution in [3.8, 4) is 0 Å². The minimum absolute atomic E-state index is 0.0253. The molecule has 2 atom stereocenters. The smallest absolute Gasteiger partial charge is 0.369 e. The fourth-order valence-corrected chi connectivity index (χ4v) is 5.29. The maximum absolute atomic E-state index is 13.4. The number of rotatable bonds is 4. The summed E-state index contributed by atoms with van der Waals surface area (Å²) in [6.07, 6.45) is 1.99.